The van der Waals surface area contributed by atoms with Crippen molar-refractivity contribution in [3.63, 3.8) is 0 Å². The van der Waals surface area contributed by atoms with Crippen LogP contribution in [0.3, 0.4) is 0 Å². The molecule has 0 fully saturated rings. The predicted octanol–water partition coefficient (Wildman–Crippen LogP) is 3.06. The highest BCUT2D eigenvalue weighted by Gasteiger charge is 2.33. The summed E-state index contributed by atoms with van der Waals surface area (Å²) >= 11 is 0. The molecule has 19 heavy (non-hydrogen) atoms. The van der Waals surface area contributed by atoms with E-state index in [0.29, 0.717) is 6.61 Å². The molecule has 1 aromatic carbocycles. The van der Waals surface area contributed by atoms with Crippen molar-refractivity contribution in [1.82, 2.24) is 5.43 Å². The van der Waals surface area contributed by atoms with Gasteiger partial charge in [0, 0.05) is 12.0 Å². The Morgan fingerprint density at radius 3 is 2.74 bits per heavy atom. The van der Waals surface area contributed by atoms with Gasteiger partial charge in [0.05, 0.1) is 5.60 Å². The molecule has 0 aliphatic rings. The van der Waals surface area contributed by atoms with Crippen molar-refractivity contribution in [2.45, 2.75) is 39.3 Å². The highest BCUT2D eigenvalue weighted by atomic mass is 16.5. The number of ether oxygens (including phenoxy) is 1. The number of benzene rings is 1. The van der Waals surface area contributed by atoms with Gasteiger partial charge in [-0.05, 0) is 39.3 Å². The average molecular weight is 262 g/mol. The number of nitrogens with one attached hydrogen (secondary N) is 1. The second-order valence-electron chi connectivity index (χ2n) is 5.28. The van der Waals surface area contributed by atoms with E-state index >= 15 is 0 Å². The molecule has 0 bridgehead atoms. The number of fused-ring (bicyclic) bond motifs is 1. The molecule has 0 aliphatic carbocycles. The van der Waals surface area contributed by atoms with Crippen LogP contribution in [0.25, 0.3) is 11.0 Å². The summed E-state index contributed by atoms with van der Waals surface area (Å²) in [5.41, 5.74) is 4.39. The SMILES string of the molecule is CCOC(C)(C)C(NN)c1cc2cccc(C)c2o1. The lowest BCUT2D eigenvalue weighted by Gasteiger charge is -2.32. The largest absolute Gasteiger partial charge is 0.459 e. The van der Waals surface area contributed by atoms with E-state index in [1.807, 2.05) is 52.0 Å². The first kappa shape index (κ1) is 14.1. The summed E-state index contributed by atoms with van der Waals surface area (Å²) in [6.07, 6.45) is 0. The second-order valence-corrected chi connectivity index (χ2v) is 5.28. The minimum Gasteiger partial charge on any atom is -0.459 e. The summed E-state index contributed by atoms with van der Waals surface area (Å²) in [6.45, 7) is 8.64. The second kappa shape index (κ2) is 5.33. The summed E-state index contributed by atoms with van der Waals surface area (Å²) in [7, 11) is 0. The van der Waals surface area contributed by atoms with E-state index in [1.165, 1.54) is 0 Å². The van der Waals surface area contributed by atoms with Crippen LogP contribution in [0.15, 0.2) is 28.7 Å². The van der Waals surface area contributed by atoms with Crippen LogP contribution in [0.5, 0.6) is 0 Å². The summed E-state index contributed by atoms with van der Waals surface area (Å²) in [6, 6.07) is 7.92. The fourth-order valence-electron chi connectivity index (χ4n) is 2.45. The first-order valence-electron chi connectivity index (χ1n) is 6.58. The van der Waals surface area contributed by atoms with Crippen LogP contribution in [0.1, 0.15) is 38.1 Å². The van der Waals surface area contributed by atoms with Gasteiger partial charge < -0.3 is 9.15 Å². The van der Waals surface area contributed by atoms with Crippen LogP contribution in [0.2, 0.25) is 0 Å². The number of furan rings is 1. The van der Waals surface area contributed by atoms with Crippen molar-refractivity contribution in [3.8, 4) is 0 Å². The van der Waals surface area contributed by atoms with E-state index in [0.717, 1.165) is 22.3 Å². The van der Waals surface area contributed by atoms with Gasteiger partial charge in [-0.1, -0.05) is 18.2 Å². The molecular formula is C15H22N2O2. The molecule has 1 heterocycles. The summed E-state index contributed by atoms with van der Waals surface area (Å²) in [5.74, 6) is 6.49. The van der Waals surface area contributed by atoms with Crippen LogP contribution in [-0.4, -0.2) is 12.2 Å². The molecule has 2 rings (SSSR count). The first-order valence-corrected chi connectivity index (χ1v) is 6.58. The molecule has 1 unspecified atom stereocenters. The zero-order chi connectivity index (χ0) is 14.0. The van der Waals surface area contributed by atoms with Crippen LogP contribution in [0, 0.1) is 6.92 Å². The Balaban J connectivity index is 2.44. The van der Waals surface area contributed by atoms with Crippen LogP contribution >= 0.6 is 0 Å². The Morgan fingerprint density at radius 2 is 2.16 bits per heavy atom. The summed E-state index contributed by atoms with van der Waals surface area (Å²) in [5, 5.41) is 1.09. The standard InChI is InChI=1S/C15H22N2O2/c1-5-18-15(3,4)14(17-16)12-9-11-8-6-7-10(2)13(11)19-12/h6-9,14,17H,5,16H2,1-4H3. The van der Waals surface area contributed by atoms with E-state index in [1.54, 1.807) is 0 Å². The number of aryl methyl sites for hydroxylation is 1. The van der Waals surface area contributed by atoms with Crippen molar-refractivity contribution in [2.24, 2.45) is 5.84 Å². The van der Waals surface area contributed by atoms with Crippen molar-refractivity contribution >= 4 is 11.0 Å². The molecule has 4 nitrogen and oxygen atoms in total. The van der Waals surface area contributed by atoms with Crippen LogP contribution in [-0.2, 0) is 4.74 Å². The van der Waals surface area contributed by atoms with Gasteiger partial charge >= 0.3 is 0 Å². The summed E-state index contributed by atoms with van der Waals surface area (Å²) in [4.78, 5) is 0. The third kappa shape index (κ3) is 2.66. The molecule has 0 saturated carbocycles. The molecule has 2 aromatic rings. The molecule has 1 atom stereocenters. The third-order valence-electron chi connectivity index (χ3n) is 3.42. The van der Waals surface area contributed by atoms with Gasteiger partial charge in [-0.2, -0.15) is 0 Å². The van der Waals surface area contributed by atoms with Crippen LogP contribution < -0.4 is 11.3 Å². The Hall–Kier alpha value is -1.36. The zero-order valence-corrected chi connectivity index (χ0v) is 12.0. The smallest absolute Gasteiger partial charge is 0.137 e. The van der Waals surface area contributed by atoms with Gasteiger partial charge in [-0.15, -0.1) is 0 Å². The number of rotatable bonds is 5. The van der Waals surface area contributed by atoms with E-state index in [-0.39, 0.29) is 6.04 Å². The quantitative estimate of drug-likeness (QED) is 0.642. The van der Waals surface area contributed by atoms with Gasteiger partial charge in [0.25, 0.3) is 0 Å². The maximum Gasteiger partial charge on any atom is 0.137 e. The third-order valence-corrected chi connectivity index (χ3v) is 3.42. The number of hydrazine groups is 1. The van der Waals surface area contributed by atoms with Gasteiger partial charge in [0.2, 0.25) is 0 Å². The molecule has 104 valence electrons. The zero-order valence-electron chi connectivity index (χ0n) is 12.0. The molecule has 4 heteroatoms. The maximum absolute atomic E-state index is 5.96. The lowest BCUT2D eigenvalue weighted by atomic mass is 9.96. The fraction of sp³-hybridized carbons (Fsp3) is 0.467. The average Bonchev–Trinajstić information content (AvgIpc) is 2.74. The highest BCUT2D eigenvalue weighted by molar-refractivity contribution is 5.81. The van der Waals surface area contributed by atoms with Crippen molar-refractivity contribution in [3.05, 3.63) is 35.6 Å². The van der Waals surface area contributed by atoms with Gasteiger partial charge in [-0.25, -0.2) is 5.43 Å². The normalized spacial score (nSPS) is 13.9. The minimum atomic E-state index is -0.439. The van der Waals surface area contributed by atoms with Crippen LogP contribution in [0.4, 0.5) is 0 Å². The number of nitrogens with two attached hydrogens (primary N) is 1. The Morgan fingerprint density at radius 1 is 1.42 bits per heavy atom. The minimum absolute atomic E-state index is 0.195. The van der Waals surface area contributed by atoms with Gasteiger partial charge in [0.1, 0.15) is 17.4 Å². The van der Waals surface area contributed by atoms with Gasteiger partial charge in [0.15, 0.2) is 0 Å². The van der Waals surface area contributed by atoms with Crippen molar-refractivity contribution < 1.29 is 9.15 Å². The molecule has 3 N–H and O–H groups in total. The lowest BCUT2D eigenvalue weighted by molar-refractivity contribution is -0.0437. The molecule has 0 aliphatic heterocycles. The number of hydrogen-bond donors (Lipinski definition) is 2. The predicted molar refractivity (Wildman–Crippen MR) is 76.7 cm³/mol. The molecule has 0 saturated heterocycles. The maximum atomic E-state index is 5.96. The van der Waals surface area contributed by atoms with Crippen molar-refractivity contribution in [2.75, 3.05) is 6.61 Å². The summed E-state index contributed by atoms with van der Waals surface area (Å²) < 4.78 is 11.7. The number of para-hydroxylation sites is 1. The first-order chi connectivity index (χ1) is 8.99. The molecular weight excluding hydrogens is 240 g/mol. The topological polar surface area (TPSA) is 60.4 Å². The van der Waals surface area contributed by atoms with Crippen molar-refractivity contribution in [1.29, 1.82) is 0 Å². The molecule has 0 spiro atoms. The van der Waals surface area contributed by atoms with E-state index < -0.39 is 5.60 Å². The van der Waals surface area contributed by atoms with Gasteiger partial charge in [-0.3, -0.25) is 5.84 Å². The monoisotopic (exact) mass is 262 g/mol. The highest BCUT2D eigenvalue weighted by Crippen LogP contribution is 2.33. The Kier molecular flexibility index (Phi) is 3.94. The Bertz CT molecular complexity index is 560. The van der Waals surface area contributed by atoms with E-state index in [4.69, 9.17) is 15.0 Å². The lowest BCUT2D eigenvalue weighted by Crippen LogP contribution is -2.44. The number of hydrogen-bond acceptors (Lipinski definition) is 4. The van der Waals surface area contributed by atoms with E-state index in [9.17, 15) is 0 Å². The molecule has 1 aromatic heterocycles. The molecule has 0 amide bonds. The van der Waals surface area contributed by atoms with E-state index in [2.05, 4.69) is 5.43 Å². The fourth-order valence-corrected chi connectivity index (χ4v) is 2.45. The Labute approximate surface area is 113 Å². The molecule has 0 radical (unpaired) electrons.